The van der Waals surface area contributed by atoms with Gasteiger partial charge in [0.1, 0.15) is 5.82 Å². The van der Waals surface area contributed by atoms with Crippen molar-refractivity contribution in [2.75, 3.05) is 13.2 Å². The smallest absolute Gasteiger partial charge is 0.128 e. The predicted molar refractivity (Wildman–Crippen MR) is 66.3 cm³/mol. The molecule has 17 heavy (non-hydrogen) atoms. The van der Waals surface area contributed by atoms with E-state index >= 15 is 0 Å². The molecule has 94 valence electrons. The van der Waals surface area contributed by atoms with Gasteiger partial charge in [0.25, 0.3) is 0 Å². The quantitative estimate of drug-likeness (QED) is 0.795. The fraction of sp³-hybridized carbons (Fsp3) is 0.571. The van der Waals surface area contributed by atoms with Gasteiger partial charge in [-0.2, -0.15) is 0 Å². The summed E-state index contributed by atoms with van der Waals surface area (Å²) >= 11 is 0. The molecule has 0 bridgehead atoms. The first-order valence-corrected chi connectivity index (χ1v) is 6.41. The number of piperidine rings is 1. The Bertz CT molecular complexity index is 337. The lowest BCUT2D eigenvalue weighted by atomic mass is 10.0. The fourth-order valence-corrected chi connectivity index (χ4v) is 2.19. The molecule has 1 aliphatic rings. The molecule has 1 saturated heterocycles. The Morgan fingerprint density at radius 3 is 2.94 bits per heavy atom. The van der Waals surface area contributed by atoms with E-state index in [1.54, 1.807) is 12.1 Å². The van der Waals surface area contributed by atoms with Gasteiger partial charge in [-0.15, -0.1) is 0 Å². The molecule has 0 saturated carbocycles. The van der Waals surface area contributed by atoms with E-state index in [0.29, 0.717) is 24.8 Å². The molecule has 1 fully saturated rings. The maximum atomic E-state index is 13.3. The Labute approximate surface area is 102 Å². The van der Waals surface area contributed by atoms with Crippen LogP contribution in [0.5, 0.6) is 0 Å². The summed E-state index contributed by atoms with van der Waals surface area (Å²) in [7, 11) is 0. The highest BCUT2D eigenvalue weighted by atomic mass is 19.1. The topological polar surface area (TPSA) is 21.3 Å². The van der Waals surface area contributed by atoms with E-state index in [1.165, 1.54) is 25.3 Å². The molecule has 0 aliphatic carbocycles. The summed E-state index contributed by atoms with van der Waals surface area (Å²) in [6, 6.07) is 7.37. The second-order valence-electron chi connectivity index (χ2n) is 4.58. The van der Waals surface area contributed by atoms with Crippen LogP contribution in [-0.4, -0.2) is 19.2 Å². The Balaban J connectivity index is 1.64. The van der Waals surface area contributed by atoms with Gasteiger partial charge in [0, 0.05) is 18.2 Å². The molecule has 2 nitrogen and oxygen atoms in total. The van der Waals surface area contributed by atoms with Gasteiger partial charge in [-0.25, -0.2) is 4.39 Å². The molecule has 1 N–H and O–H groups in total. The normalized spacial score (nSPS) is 20.4. The van der Waals surface area contributed by atoms with Gasteiger partial charge in [0.15, 0.2) is 0 Å². The molecule has 1 heterocycles. The van der Waals surface area contributed by atoms with E-state index in [0.717, 1.165) is 13.0 Å². The lowest BCUT2D eigenvalue weighted by molar-refractivity contribution is 0.106. The van der Waals surface area contributed by atoms with Crippen LogP contribution in [0.3, 0.4) is 0 Å². The molecule has 1 aromatic carbocycles. The summed E-state index contributed by atoms with van der Waals surface area (Å²) in [5, 5.41) is 3.48. The summed E-state index contributed by atoms with van der Waals surface area (Å²) in [6.07, 6.45) is 4.86. The minimum absolute atomic E-state index is 0.178. The van der Waals surface area contributed by atoms with Crippen molar-refractivity contribution in [3.8, 4) is 0 Å². The highest BCUT2D eigenvalue weighted by Crippen LogP contribution is 2.11. The van der Waals surface area contributed by atoms with E-state index in [1.807, 2.05) is 6.07 Å². The lowest BCUT2D eigenvalue weighted by Crippen LogP contribution is -2.34. The number of rotatable bonds is 5. The number of halogens is 1. The number of benzene rings is 1. The molecule has 0 amide bonds. The van der Waals surface area contributed by atoms with E-state index in [-0.39, 0.29) is 5.82 Å². The zero-order valence-electron chi connectivity index (χ0n) is 10.1. The third kappa shape index (κ3) is 4.10. The summed E-state index contributed by atoms with van der Waals surface area (Å²) in [5.41, 5.74) is 0.643. The number of hydrogen-bond acceptors (Lipinski definition) is 2. The fourth-order valence-electron chi connectivity index (χ4n) is 2.19. The lowest BCUT2D eigenvalue weighted by Gasteiger charge is -2.23. The first-order chi connectivity index (χ1) is 8.36. The average Bonchev–Trinajstić information content (AvgIpc) is 2.38. The minimum Gasteiger partial charge on any atom is -0.377 e. The number of ether oxygens (including phenoxy) is 1. The van der Waals surface area contributed by atoms with Crippen molar-refractivity contribution < 1.29 is 9.13 Å². The molecule has 0 radical (unpaired) electrons. The van der Waals surface area contributed by atoms with Crippen molar-refractivity contribution in [3.63, 3.8) is 0 Å². The first kappa shape index (κ1) is 12.5. The Hall–Kier alpha value is -0.930. The van der Waals surface area contributed by atoms with Gasteiger partial charge < -0.3 is 10.1 Å². The van der Waals surface area contributed by atoms with Gasteiger partial charge in [-0.05, 0) is 31.9 Å². The third-order valence-corrected chi connectivity index (χ3v) is 3.24. The second-order valence-corrected chi connectivity index (χ2v) is 4.58. The van der Waals surface area contributed by atoms with Gasteiger partial charge in [0.2, 0.25) is 0 Å². The molecule has 2 rings (SSSR count). The van der Waals surface area contributed by atoms with E-state index in [9.17, 15) is 4.39 Å². The van der Waals surface area contributed by atoms with E-state index in [4.69, 9.17) is 4.74 Å². The summed E-state index contributed by atoms with van der Waals surface area (Å²) in [4.78, 5) is 0. The van der Waals surface area contributed by atoms with Crippen LogP contribution in [0.4, 0.5) is 4.39 Å². The van der Waals surface area contributed by atoms with Crippen LogP contribution in [0.15, 0.2) is 24.3 Å². The van der Waals surface area contributed by atoms with Crippen LogP contribution in [0.25, 0.3) is 0 Å². The number of nitrogens with one attached hydrogen (secondary N) is 1. The molecule has 1 atom stereocenters. The molecule has 1 aliphatic heterocycles. The van der Waals surface area contributed by atoms with Crippen LogP contribution in [-0.2, 0) is 11.3 Å². The van der Waals surface area contributed by atoms with Crippen molar-refractivity contribution in [2.45, 2.75) is 38.3 Å². The van der Waals surface area contributed by atoms with Crippen LogP contribution in [0.1, 0.15) is 31.2 Å². The van der Waals surface area contributed by atoms with Crippen LogP contribution in [0, 0.1) is 5.82 Å². The maximum absolute atomic E-state index is 13.3. The summed E-state index contributed by atoms with van der Waals surface area (Å²) in [6.45, 7) is 2.20. The van der Waals surface area contributed by atoms with Crippen molar-refractivity contribution in [2.24, 2.45) is 0 Å². The zero-order chi connectivity index (χ0) is 11.9. The van der Waals surface area contributed by atoms with Crippen molar-refractivity contribution in [1.82, 2.24) is 5.32 Å². The summed E-state index contributed by atoms with van der Waals surface area (Å²) in [5.74, 6) is -0.178. The molecule has 1 aromatic rings. The highest BCUT2D eigenvalue weighted by molar-refractivity contribution is 5.16. The third-order valence-electron chi connectivity index (χ3n) is 3.24. The van der Waals surface area contributed by atoms with Gasteiger partial charge in [-0.1, -0.05) is 24.6 Å². The van der Waals surface area contributed by atoms with E-state index < -0.39 is 0 Å². The maximum Gasteiger partial charge on any atom is 0.128 e. The Kier molecular flexibility index (Phi) is 4.95. The molecule has 3 heteroatoms. The van der Waals surface area contributed by atoms with Crippen molar-refractivity contribution in [1.29, 1.82) is 0 Å². The number of hydrogen-bond donors (Lipinski definition) is 1. The van der Waals surface area contributed by atoms with Gasteiger partial charge in [-0.3, -0.25) is 0 Å². The standard InChI is InChI=1S/C14H20FNO/c15-14-7-2-1-5-12(14)11-17-10-8-13-6-3-4-9-16-13/h1-2,5,7,13,16H,3-4,6,8-11H2. The average molecular weight is 237 g/mol. The molecule has 1 unspecified atom stereocenters. The molecular weight excluding hydrogens is 217 g/mol. The van der Waals surface area contributed by atoms with Crippen molar-refractivity contribution in [3.05, 3.63) is 35.6 Å². The van der Waals surface area contributed by atoms with Gasteiger partial charge in [0.05, 0.1) is 6.61 Å². The van der Waals surface area contributed by atoms with E-state index in [2.05, 4.69) is 5.32 Å². The highest BCUT2D eigenvalue weighted by Gasteiger charge is 2.11. The zero-order valence-corrected chi connectivity index (χ0v) is 10.1. The summed E-state index contributed by atoms with van der Waals surface area (Å²) < 4.78 is 18.8. The van der Waals surface area contributed by atoms with Crippen LogP contribution in [0.2, 0.25) is 0 Å². The first-order valence-electron chi connectivity index (χ1n) is 6.41. The predicted octanol–water partition coefficient (Wildman–Crippen LogP) is 2.87. The largest absolute Gasteiger partial charge is 0.377 e. The van der Waals surface area contributed by atoms with Gasteiger partial charge >= 0.3 is 0 Å². The Morgan fingerprint density at radius 1 is 1.29 bits per heavy atom. The SMILES string of the molecule is Fc1ccccc1COCCC1CCCCN1. The monoisotopic (exact) mass is 237 g/mol. The molecule has 0 aromatic heterocycles. The molecular formula is C14H20FNO. The Morgan fingerprint density at radius 2 is 2.18 bits per heavy atom. The second kappa shape index (κ2) is 6.72. The van der Waals surface area contributed by atoms with Crippen LogP contribution < -0.4 is 5.32 Å². The molecule has 0 spiro atoms. The minimum atomic E-state index is -0.178. The van der Waals surface area contributed by atoms with Crippen LogP contribution >= 0.6 is 0 Å². The van der Waals surface area contributed by atoms with Crippen molar-refractivity contribution >= 4 is 0 Å².